The van der Waals surface area contributed by atoms with E-state index in [9.17, 15) is 10.2 Å². The molecule has 0 atom stereocenters. The van der Waals surface area contributed by atoms with Crippen molar-refractivity contribution in [3.63, 3.8) is 0 Å². The third kappa shape index (κ3) is 2.56. The maximum Gasteiger partial charge on any atom is 0.124 e. The van der Waals surface area contributed by atoms with Crippen molar-refractivity contribution in [3.05, 3.63) is 53.1 Å². The Kier molecular flexibility index (Phi) is 3.42. The minimum Gasteiger partial charge on any atom is -0.508 e. The fraction of sp³-hybridized carbons (Fsp3) is 0.200. The Morgan fingerprint density at radius 2 is 1.83 bits per heavy atom. The van der Waals surface area contributed by atoms with Gasteiger partial charge in [-0.15, -0.1) is 0 Å². The lowest BCUT2D eigenvalue weighted by Crippen LogP contribution is -2.02. The van der Waals surface area contributed by atoms with E-state index < -0.39 is 0 Å². The first-order valence-electron chi connectivity index (χ1n) is 5.89. The van der Waals surface area contributed by atoms with Crippen molar-refractivity contribution in [2.75, 3.05) is 5.32 Å². The maximum atomic E-state index is 9.69. The van der Waals surface area contributed by atoms with E-state index in [0.717, 1.165) is 11.3 Å². The molecule has 0 aromatic heterocycles. The molecule has 0 aliphatic rings. The Bertz CT molecular complexity index is 564. The van der Waals surface area contributed by atoms with Crippen molar-refractivity contribution in [3.8, 4) is 11.5 Å². The summed E-state index contributed by atoms with van der Waals surface area (Å²) in [4.78, 5) is 0. The van der Waals surface area contributed by atoms with Crippen molar-refractivity contribution in [1.29, 1.82) is 0 Å². The van der Waals surface area contributed by atoms with Crippen LogP contribution >= 0.6 is 0 Å². The van der Waals surface area contributed by atoms with Gasteiger partial charge >= 0.3 is 0 Å². The Morgan fingerprint density at radius 3 is 2.56 bits per heavy atom. The number of aromatic hydroxyl groups is 2. The summed E-state index contributed by atoms with van der Waals surface area (Å²) in [5.41, 5.74) is 4.25. The number of nitrogens with one attached hydrogen (secondary N) is 1. The number of phenolic OH excluding ortho intramolecular Hbond substituents is 2. The normalized spacial score (nSPS) is 10.3. The summed E-state index contributed by atoms with van der Waals surface area (Å²) in [7, 11) is 0. The maximum absolute atomic E-state index is 9.69. The van der Waals surface area contributed by atoms with Gasteiger partial charge in [0.25, 0.3) is 0 Å². The van der Waals surface area contributed by atoms with E-state index in [-0.39, 0.29) is 11.5 Å². The van der Waals surface area contributed by atoms with Crippen molar-refractivity contribution < 1.29 is 10.2 Å². The molecule has 2 rings (SSSR count). The topological polar surface area (TPSA) is 52.5 Å². The van der Waals surface area contributed by atoms with E-state index in [4.69, 9.17) is 0 Å². The van der Waals surface area contributed by atoms with E-state index >= 15 is 0 Å². The summed E-state index contributed by atoms with van der Waals surface area (Å²) in [5.74, 6) is 0.177. The van der Waals surface area contributed by atoms with Gasteiger partial charge in [-0.25, -0.2) is 0 Å². The molecule has 0 saturated heterocycles. The lowest BCUT2D eigenvalue weighted by atomic mass is 10.1. The number of rotatable bonds is 3. The highest BCUT2D eigenvalue weighted by Gasteiger charge is 2.04. The van der Waals surface area contributed by atoms with E-state index in [1.165, 1.54) is 17.2 Å². The van der Waals surface area contributed by atoms with E-state index in [1.54, 1.807) is 12.1 Å². The molecule has 0 aliphatic heterocycles. The van der Waals surface area contributed by atoms with Crippen LogP contribution in [0.3, 0.4) is 0 Å². The molecule has 0 fully saturated rings. The highest BCUT2D eigenvalue weighted by molar-refractivity contribution is 5.54. The van der Waals surface area contributed by atoms with Crippen molar-refractivity contribution in [2.24, 2.45) is 0 Å². The van der Waals surface area contributed by atoms with Crippen molar-refractivity contribution in [1.82, 2.24) is 0 Å². The first-order valence-corrected chi connectivity index (χ1v) is 5.89. The van der Waals surface area contributed by atoms with Gasteiger partial charge in [-0.05, 0) is 43.2 Å². The van der Waals surface area contributed by atoms with Gasteiger partial charge in [0.15, 0.2) is 0 Å². The highest BCUT2D eigenvalue weighted by Crippen LogP contribution is 2.24. The molecule has 0 radical (unpaired) electrons. The second-order valence-electron chi connectivity index (χ2n) is 4.41. The third-order valence-electron chi connectivity index (χ3n) is 3.14. The molecule has 0 unspecified atom stereocenters. The van der Waals surface area contributed by atoms with Crippen LogP contribution in [0, 0.1) is 13.8 Å². The van der Waals surface area contributed by atoms with Gasteiger partial charge in [0.05, 0.1) is 0 Å². The lowest BCUT2D eigenvalue weighted by Gasteiger charge is -2.12. The molecule has 0 saturated carbocycles. The van der Waals surface area contributed by atoms with Gasteiger partial charge in [-0.1, -0.05) is 12.1 Å². The molecular formula is C15H17NO2. The van der Waals surface area contributed by atoms with Gasteiger partial charge in [0, 0.05) is 23.9 Å². The fourth-order valence-electron chi connectivity index (χ4n) is 1.83. The lowest BCUT2D eigenvalue weighted by molar-refractivity contribution is 0.446. The molecule has 0 amide bonds. The predicted molar refractivity (Wildman–Crippen MR) is 73.0 cm³/mol. The van der Waals surface area contributed by atoms with Crippen LogP contribution < -0.4 is 5.32 Å². The van der Waals surface area contributed by atoms with Crippen LogP contribution in [-0.4, -0.2) is 10.2 Å². The summed E-state index contributed by atoms with van der Waals surface area (Å²) >= 11 is 0. The zero-order valence-electron chi connectivity index (χ0n) is 10.6. The molecule has 94 valence electrons. The molecule has 0 spiro atoms. The van der Waals surface area contributed by atoms with Crippen LogP contribution in [0.2, 0.25) is 0 Å². The molecule has 3 heteroatoms. The van der Waals surface area contributed by atoms with E-state index in [2.05, 4.69) is 25.2 Å². The molecule has 2 aromatic rings. The number of phenols is 2. The zero-order valence-corrected chi connectivity index (χ0v) is 10.6. The first-order chi connectivity index (χ1) is 8.58. The quantitative estimate of drug-likeness (QED) is 0.775. The van der Waals surface area contributed by atoms with Crippen molar-refractivity contribution in [2.45, 2.75) is 20.4 Å². The average molecular weight is 243 g/mol. The monoisotopic (exact) mass is 243 g/mol. The molecule has 0 aliphatic carbocycles. The number of hydrogen-bond acceptors (Lipinski definition) is 3. The summed E-state index contributed by atoms with van der Waals surface area (Å²) in [5, 5.41) is 22.2. The highest BCUT2D eigenvalue weighted by atomic mass is 16.3. The molecule has 0 bridgehead atoms. The van der Waals surface area contributed by atoms with Gasteiger partial charge < -0.3 is 15.5 Å². The Balaban J connectivity index is 2.14. The first kappa shape index (κ1) is 12.3. The number of hydrogen-bond donors (Lipinski definition) is 3. The number of aryl methyl sites for hydroxylation is 1. The van der Waals surface area contributed by atoms with Gasteiger partial charge in [-0.2, -0.15) is 0 Å². The summed E-state index contributed by atoms with van der Waals surface area (Å²) in [6.45, 7) is 4.66. The third-order valence-corrected chi connectivity index (χ3v) is 3.14. The SMILES string of the molecule is Cc1cccc(NCc2ccc(O)cc2O)c1C. The number of anilines is 1. The fourth-order valence-corrected chi connectivity index (χ4v) is 1.83. The predicted octanol–water partition coefficient (Wildman–Crippen LogP) is 3.33. The minimum absolute atomic E-state index is 0.0722. The van der Waals surface area contributed by atoms with Gasteiger partial charge in [-0.3, -0.25) is 0 Å². The Labute approximate surface area is 107 Å². The van der Waals surface area contributed by atoms with Crippen LogP contribution in [0.25, 0.3) is 0 Å². The van der Waals surface area contributed by atoms with E-state index in [1.807, 2.05) is 12.1 Å². The molecule has 0 heterocycles. The van der Waals surface area contributed by atoms with Gasteiger partial charge in [0.1, 0.15) is 11.5 Å². The summed E-state index contributed by atoms with van der Waals surface area (Å²) in [6, 6.07) is 10.7. The largest absolute Gasteiger partial charge is 0.508 e. The molecular weight excluding hydrogens is 226 g/mol. The van der Waals surface area contributed by atoms with Crippen LogP contribution in [-0.2, 0) is 6.54 Å². The van der Waals surface area contributed by atoms with Crippen LogP contribution in [0.4, 0.5) is 5.69 Å². The molecule has 2 aromatic carbocycles. The Morgan fingerprint density at radius 1 is 1.06 bits per heavy atom. The van der Waals surface area contributed by atoms with Crippen molar-refractivity contribution >= 4 is 5.69 Å². The summed E-state index contributed by atoms with van der Waals surface area (Å²) in [6.07, 6.45) is 0. The summed E-state index contributed by atoms with van der Waals surface area (Å²) < 4.78 is 0. The van der Waals surface area contributed by atoms with Crippen LogP contribution in [0.1, 0.15) is 16.7 Å². The molecule has 18 heavy (non-hydrogen) atoms. The molecule has 3 nitrogen and oxygen atoms in total. The average Bonchev–Trinajstić information content (AvgIpc) is 2.33. The van der Waals surface area contributed by atoms with Crippen LogP contribution in [0.15, 0.2) is 36.4 Å². The zero-order chi connectivity index (χ0) is 13.1. The number of benzene rings is 2. The second-order valence-corrected chi connectivity index (χ2v) is 4.41. The minimum atomic E-state index is 0.0722. The smallest absolute Gasteiger partial charge is 0.124 e. The van der Waals surface area contributed by atoms with Crippen LogP contribution in [0.5, 0.6) is 11.5 Å². The Hall–Kier alpha value is -2.16. The van der Waals surface area contributed by atoms with Gasteiger partial charge in [0.2, 0.25) is 0 Å². The van der Waals surface area contributed by atoms with E-state index in [0.29, 0.717) is 6.54 Å². The second kappa shape index (κ2) is 5.00. The standard InChI is InChI=1S/C15H17NO2/c1-10-4-3-5-14(11(10)2)16-9-12-6-7-13(17)8-15(12)18/h3-8,16-18H,9H2,1-2H3. The molecule has 3 N–H and O–H groups in total.